The van der Waals surface area contributed by atoms with E-state index >= 15 is 0 Å². The first-order valence-corrected chi connectivity index (χ1v) is 6.27. The molecule has 2 rings (SSSR count). The van der Waals surface area contributed by atoms with Crippen molar-refractivity contribution < 1.29 is 4.79 Å². The largest absolute Gasteiger partial charge is 0.322 e. The standard InChI is InChI=1S/C13H17N5O/c1-2-6-14-10-12(19)17-11-5-3-7-15-13(11)18-9-4-8-16-18/h3-5,7-9,14H,2,6,10H2,1H3,(H,17,19). The van der Waals surface area contributed by atoms with Crippen LogP contribution in [0.2, 0.25) is 0 Å². The van der Waals surface area contributed by atoms with Gasteiger partial charge in [0.2, 0.25) is 5.91 Å². The molecule has 0 bridgehead atoms. The Morgan fingerprint density at radius 3 is 3.00 bits per heavy atom. The highest BCUT2D eigenvalue weighted by Crippen LogP contribution is 2.15. The van der Waals surface area contributed by atoms with Gasteiger partial charge in [-0.15, -0.1) is 0 Å². The summed E-state index contributed by atoms with van der Waals surface area (Å²) in [6.45, 7) is 3.18. The summed E-state index contributed by atoms with van der Waals surface area (Å²) in [4.78, 5) is 16.0. The molecule has 0 saturated carbocycles. The Morgan fingerprint density at radius 2 is 2.26 bits per heavy atom. The molecule has 6 nitrogen and oxygen atoms in total. The maximum atomic E-state index is 11.8. The summed E-state index contributed by atoms with van der Waals surface area (Å²) >= 11 is 0. The van der Waals surface area contributed by atoms with E-state index in [1.54, 1.807) is 29.3 Å². The third kappa shape index (κ3) is 3.62. The Hall–Kier alpha value is -2.21. The van der Waals surface area contributed by atoms with Crippen molar-refractivity contribution in [2.75, 3.05) is 18.4 Å². The lowest BCUT2D eigenvalue weighted by Crippen LogP contribution is -2.29. The lowest BCUT2D eigenvalue weighted by molar-refractivity contribution is -0.115. The molecule has 0 atom stereocenters. The summed E-state index contributed by atoms with van der Waals surface area (Å²) in [7, 11) is 0. The van der Waals surface area contributed by atoms with Crippen molar-refractivity contribution in [3.05, 3.63) is 36.8 Å². The van der Waals surface area contributed by atoms with Crippen molar-refractivity contribution in [3.8, 4) is 5.82 Å². The van der Waals surface area contributed by atoms with Gasteiger partial charge in [-0.05, 0) is 31.2 Å². The van der Waals surface area contributed by atoms with Gasteiger partial charge in [0.15, 0.2) is 5.82 Å². The normalized spacial score (nSPS) is 10.4. The predicted molar refractivity (Wildman–Crippen MR) is 73.1 cm³/mol. The number of carbonyl (C=O) groups excluding carboxylic acids is 1. The van der Waals surface area contributed by atoms with Crippen molar-refractivity contribution in [1.29, 1.82) is 0 Å². The van der Waals surface area contributed by atoms with Crippen LogP contribution in [0.15, 0.2) is 36.8 Å². The van der Waals surface area contributed by atoms with E-state index in [4.69, 9.17) is 0 Å². The molecule has 0 spiro atoms. The second-order valence-corrected chi connectivity index (χ2v) is 4.05. The zero-order chi connectivity index (χ0) is 13.5. The molecule has 19 heavy (non-hydrogen) atoms. The van der Waals surface area contributed by atoms with E-state index in [2.05, 4.69) is 27.6 Å². The summed E-state index contributed by atoms with van der Waals surface area (Å²) in [6.07, 6.45) is 6.12. The summed E-state index contributed by atoms with van der Waals surface area (Å²) in [5.74, 6) is 0.520. The summed E-state index contributed by atoms with van der Waals surface area (Å²) in [6, 6.07) is 5.40. The fourth-order valence-electron chi connectivity index (χ4n) is 1.64. The highest BCUT2D eigenvalue weighted by atomic mass is 16.1. The van der Waals surface area contributed by atoms with E-state index in [9.17, 15) is 4.79 Å². The maximum absolute atomic E-state index is 11.8. The Labute approximate surface area is 111 Å². The zero-order valence-electron chi connectivity index (χ0n) is 10.8. The molecule has 0 saturated heterocycles. The molecule has 0 aromatic carbocycles. The molecule has 2 aromatic rings. The van der Waals surface area contributed by atoms with Gasteiger partial charge in [0.05, 0.1) is 12.2 Å². The summed E-state index contributed by atoms with van der Waals surface area (Å²) in [5, 5.41) is 10.0. The Balaban J connectivity index is 2.06. The van der Waals surface area contributed by atoms with Crippen molar-refractivity contribution in [2.24, 2.45) is 0 Å². The summed E-state index contributed by atoms with van der Waals surface area (Å²) in [5.41, 5.74) is 0.648. The first kappa shape index (κ1) is 13.2. The molecule has 2 heterocycles. The minimum Gasteiger partial charge on any atom is -0.322 e. The maximum Gasteiger partial charge on any atom is 0.238 e. The van der Waals surface area contributed by atoms with Gasteiger partial charge in [0.1, 0.15) is 0 Å². The second kappa shape index (κ2) is 6.65. The number of anilines is 1. The molecule has 0 fully saturated rings. The van der Waals surface area contributed by atoms with Crippen LogP contribution in [-0.2, 0) is 4.79 Å². The quantitative estimate of drug-likeness (QED) is 0.765. The number of aromatic nitrogens is 3. The van der Waals surface area contributed by atoms with Gasteiger partial charge in [0.25, 0.3) is 0 Å². The molecule has 0 unspecified atom stereocenters. The third-order valence-electron chi connectivity index (χ3n) is 2.49. The van der Waals surface area contributed by atoms with Crippen molar-refractivity contribution in [2.45, 2.75) is 13.3 Å². The Bertz CT molecular complexity index is 524. The number of amides is 1. The predicted octanol–water partition coefficient (Wildman–Crippen LogP) is 1.21. The molecule has 0 aliphatic carbocycles. The molecular weight excluding hydrogens is 242 g/mol. The van der Waals surface area contributed by atoms with Crippen LogP contribution in [0.3, 0.4) is 0 Å². The van der Waals surface area contributed by atoms with Crippen molar-refractivity contribution >= 4 is 11.6 Å². The Kier molecular flexibility index (Phi) is 4.63. The number of rotatable bonds is 6. The van der Waals surface area contributed by atoms with Gasteiger partial charge in [0, 0.05) is 18.6 Å². The molecule has 0 aliphatic rings. The minimum absolute atomic E-state index is 0.0881. The first-order valence-electron chi connectivity index (χ1n) is 6.27. The van der Waals surface area contributed by atoms with Crippen LogP contribution in [0.1, 0.15) is 13.3 Å². The monoisotopic (exact) mass is 259 g/mol. The zero-order valence-corrected chi connectivity index (χ0v) is 10.8. The molecule has 100 valence electrons. The fraction of sp³-hybridized carbons (Fsp3) is 0.308. The molecule has 0 aliphatic heterocycles. The van der Waals surface area contributed by atoms with Gasteiger partial charge in [-0.2, -0.15) is 5.10 Å². The average molecular weight is 259 g/mol. The molecule has 6 heteroatoms. The van der Waals surface area contributed by atoms with Gasteiger partial charge in [-0.25, -0.2) is 9.67 Å². The fourth-order valence-corrected chi connectivity index (χ4v) is 1.64. The van der Waals surface area contributed by atoms with Gasteiger partial charge in [-0.1, -0.05) is 6.92 Å². The van der Waals surface area contributed by atoms with Crippen LogP contribution in [0.25, 0.3) is 5.82 Å². The number of hydrogen-bond acceptors (Lipinski definition) is 4. The molecule has 2 N–H and O–H groups in total. The van der Waals surface area contributed by atoms with Crippen LogP contribution in [0.5, 0.6) is 0 Å². The number of carbonyl (C=O) groups is 1. The van der Waals surface area contributed by atoms with Gasteiger partial charge in [-0.3, -0.25) is 4.79 Å². The van der Waals surface area contributed by atoms with E-state index in [-0.39, 0.29) is 5.91 Å². The second-order valence-electron chi connectivity index (χ2n) is 4.05. The molecular formula is C13H17N5O. The Morgan fingerprint density at radius 1 is 1.37 bits per heavy atom. The van der Waals surface area contributed by atoms with Crippen LogP contribution >= 0.6 is 0 Å². The number of pyridine rings is 1. The van der Waals surface area contributed by atoms with E-state index in [1.807, 2.05) is 12.1 Å². The SMILES string of the molecule is CCCNCC(=O)Nc1cccnc1-n1cccn1. The number of nitrogens with one attached hydrogen (secondary N) is 2. The van der Waals surface area contributed by atoms with E-state index in [1.165, 1.54) is 0 Å². The smallest absolute Gasteiger partial charge is 0.238 e. The van der Waals surface area contributed by atoms with Crippen molar-refractivity contribution in [3.63, 3.8) is 0 Å². The van der Waals surface area contributed by atoms with Crippen LogP contribution in [0.4, 0.5) is 5.69 Å². The lowest BCUT2D eigenvalue weighted by Gasteiger charge is -2.10. The third-order valence-corrected chi connectivity index (χ3v) is 2.49. The highest BCUT2D eigenvalue weighted by molar-refractivity contribution is 5.93. The van der Waals surface area contributed by atoms with Crippen LogP contribution < -0.4 is 10.6 Å². The average Bonchev–Trinajstić information content (AvgIpc) is 2.93. The topological polar surface area (TPSA) is 71.8 Å². The van der Waals surface area contributed by atoms with Gasteiger partial charge >= 0.3 is 0 Å². The van der Waals surface area contributed by atoms with E-state index in [0.29, 0.717) is 18.1 Å². The van der Waals surface area contributed by atoms with E-state index in [0.717, 1.165) is 13.0 Å². The molecule has 0 radical (unpaired) electrons. The van der Waals surface area contributed by atoms with E-state index < -0.39 is 0 Å². The van der Waals surface area contributed by atoms with Crippen LogP contribution in [0, 0.1) is 0 Å². The van der Waals surface area contributed by atoms with Crippen LogP contribution in [-0.4, -0.2) is 33.8 Å². The molecule has 1 amide bonds. The summed E-state index contributed by atoms with van der Waals surface area (Å²) < 4.78 is 1.62. The lowest BCUT2D eigenvalue weighted by atomic mass is 10.3. The first-order chi connectivity index (χ1) is 9.31. The molecule has 2 aromatic heterocycles. The minimum atomic E-state index is -0.0881. The number of hydrogen-bond donors (Lipinski definition) is 2. The van der Waals surface area contributed by atoms with Crippen molar-refractivity contribution in [1.82, 2.24) is 20.1 Å². The van der Waals surface area contributed by atoms with Gasteiger partial charge < -0.3 is 10.6 Å². The number of nitrogens with zero attached hydrogens (tertiary/aromatic N) is 3. The highest BCUT2D eigenvalue weighted by Gasteiger charge is 2.08.